The van der Waals surface area contributed by atoms with Crippen LogP contribution >= 0.6 is 24.0 Å². The first kappa shape index (κ1) is 16.5. The fourth-order valence-electron chi connectivity index (χ4n) is 2.11. The lowest BCUT2D eigenvalue weighted by atomic mass is 10.1. The average Bonchev–Trinajstić information content (AvgIpc) is 2.41. The Morgan fingerprint density at radius 2 is 2.32 bits per heavy atom. The molecule has 0 bridgehead atoms. The number of nitrogens with two attached hydrogens (primary N) is 1. The second-order valence-electron chi connectivity index (χ2n) is 4.42. The molecule has 1 saturated heterocycles. The highest BCUT2D eigenvalue weighted by atomic mass is 35.5. The molecule has 6 heteroatoms. The van der Waals surface area contributed by atoms with Crippen LogP contribution in [0.25, 0.3) is 0 Å². The molecule has 4 nitrogen and oxygen atoms in total. The minimum atomic E-state index is 0. The van der Waals surface area contributed by atoms with Crippen LogP contribution < -0.4 is 10.5 Å². The molecule has 0 aliphatic carbocycles. The Hall–Kier alpha value is -0.520. The molecule has 1 unspecified atom stereocenters. The number of morpholine rings is 1. The van der Waals surface area contributed by atoms with Crippen molar-refractivity contribution in [1.82, 2.24) is 4.90 Å². The third kappa shape index (κ3) is 4.51. The first-order valence-electron chi connectivity index (χ1n) is 6.09. The number of halogens is 2. The van der Waals surface area contributed by atoms with E-state index in [0.29, 0.717) is 6.54 Å². The van der Waals surface area contributed by atoms with E-state index in [0.717, 1.165) is 42.6 Å². The monoisotopic (exact) mass is 306 g/mol. The van der Waals surface area contributed by atoms with Crippen molar-refractivity contribution in [2.24, 2.45) is 5.73 Å². The Morgan fingerprint density at radius 3 is 3.00 bits per heavy atom. The maximum Gasteiger partial charge on any atom is 0.119 e. The Labute approximate surface area is 125 Å². The quantitative estimate of drug-likeness (QED) is 0.923. The van der Waals surface area contributed by atoms with Gasteiger partial charge in [-0.1, -0.05) is 11.6 Å². The van der Waals surface area contributed by atoms with Gasteiger partial charge in [0, 0.05) is 31.2 Å². The lowest BCUT2D eigenvalue weighted by Gasteiger charge is -2.32. The van der Waals surface area contributed by atoms with Gasteiger partial charge in [0.1, 0.15) is 5.75 Å². The molecule has 0 aromatic heterocycles. The van der Waals surface area contributed by atoms with Crippen LogP contribution in [0.4, 0.5) is 0 Å². The van der Waals surface area contributed by atoms with Gasteiger partial charge in [0.05, 0.1) is 19.8 Å². The number of hydrogen-bond acceptors (Lipinski definition) is 4. The zero-order chi connectivity index (χ0) is 13.0. The molecule has 1 heterocycles. The summed E-state index contributed by atoms with van der Waals surface area (Å²) in [5.74, 6) is 0.832. The van der Waals surface area contributed by atoms with E-state index >= 15 is 0 Å². The van der Waals surface area contributed by atoms with Crippen LogP contribution in [0.5, 0.6) is 5.75 Å². The van der Waals surface area contributed by atoms with E-state index in [2.05, 4.69) is 4.90 Å². The lowest BCUT2D eigenvalue weighted by Crippen LogP contribution is -2.45. The van der Waals surface area contributed by atoms with E-state index in [1.807, 2.05) is 18.2 Å². The van der Waals surface area contributed by atoms with Crippen LogP contribution in [0.2, 0.25) is 5.02 Å². The van der Waals surface area contributed by atoms with Gasteiger partial charge in [-0.15, -0.1) is 12.4 Å². The Bertz CT molecular complexity index is 404. The summed E-state index contributed by atoms with van der Waals surface area (Å²) in [6.07, 6.45) is 0.128. The maximum absolute atomic E-state index is 6.20. The third-order valence-corrected chi connectivity index (χ3v) is 3.50. The summed E-state index contributed by atoms with van der Waals surface area (Å²) in [5, 5.41) is 0.770. The van der Waals surface area contributed by atoms with E-state index in [9.17, 15) is 0 Å². The van der Waals surface area contributed by atoms with Gasteiger partial charge in [-0.3, -0.25) is 4.90 Å². The zero-order valence-electron chi connectivity index (χ0n) is 11.0. The van der Waals surface area contributed by atoms with Crippen molar-refractivity contribution in [3.05, 3.63) is 28.8 Å². The maximum atomic E-state index is 6.20. The molecule has 2 N–H and O–H groups in total. The number of methoxy groups -OCH3 is 1. The molecule has 1 aliphatic heterocycles. The van der Waals surface area contributed by atoms with Gasteiger partial charge in [-0.2, -0.15) is 0 Å². The van der Waals surface area contributed by atoms with Crippen molar-refractivity contribution in [2.45, 2.75) is 12.6 Å². The van der Waals surface area contributed by atoms with Gasteiger partial charge in [0.25, 0.3) is 0 Å². The van der Waals surface area contributed by atoms with Gasteiger partial charge >= 0.3 is 0 Å². The van der Waals surface area contributed by atoms with Crippen LogP contribution in [0.1, 0.15) is 5.56 Å². The van der Waals surface area contributed by atoms with Crippen molar-refractivity contribution in [3.8, 4) is 5.75 Å². The SMILES string of the molecule is COc1ccc(Cl)c(CN2CCOC(CN)C2)c1.Cl. The van der Waals surface area contributed by atoms with E-state index in [1.54, 1.807) is 7.11 Å². The first-order chi connectivity index (χ1) is 8.72. The highest BCUT2D eigenvalue weighted by Crippen LogP contribution is 2.23. The van der Waals surface area contributed by atoms with Crippen molar-refractivity contribution in [1.29, 1.82) is 0 Å². The number of rotatable bonds is 4. The van der Waals surface area contributed by atoms with Crippen LogP contribution in [-0.4, -0.2) is 44.4 Å². The fraction of sp³-hybridized carbons (Fsp3) is 0.538. The summed E-state index contributed by atoms with van der Waals surface area (Å²) < 4.78 is 10.8. The molecule has 0 radical (unpaired) electrons. The molecule has 19 heavy (non-hydrogen) atoms. The van der Waals surface area contributed by atoms with Crippen molar-refractivity contribution in [3.63, 3.8) is 0 Å². The predicted octanol–water partition coefficient (Wildman–Crippen LogP) is 1.93. The molecule has 1 aromatic carbocycles. The standard InChI is InChI=1S/C13H19ClN2O2.ClH/c1-17-11-2-3-13(14)10(6-11)8-16-4-5-18-12(7-15)9-16;/h2-3,6,12H,4-5,7-9,15H2,1H3;1H. The van der Waals surface area contributed by atoms with E-state index < -0.39 is 0 Å². The van der Waals surface area contributed by atoms with Crippen molar-refractivity contribution < 1.29 is 9.47 Å². The van der Waals surface area contributed by atoms with Gasteiger partial charge in [0.15, 0.2) is 0 Å². The van der Waals surface area contributed by atoms with Crippen LogP contribution in [-0.2, 0) is 11.3 Å². The molecule has 1 aliphatic rings. The van der Waals surface area contributed by atoms with Crippen LogP contribution in [0.15, 0.2) is 18.2 Å². The number of ether oxygens (including phenoxy) is 2. The summed E-state index contributed by atoms with van der Waals surface area (Å²) >= 11 is 6.20. The number of hydrogen-bond donors (Lipinski definition) is 1. The van der Waals surface area contributed by atoms with E-state index in [1.165, 1.54) is 0 Å². The Morgan fingerprint density at radius 1 is 1.53 bits per heavy atom. The molecular weight excluding hydrogens is 287 g/mol. The minimum absolute atomic E-state index is 0. The largest absolute Gasteiger partial charge is 0.497 e. The molecule has 2 rings (SSSR count). The predicted molar refractivity (Wildman–Crippen MR) is 79.3 cm³/mol. The van der Waals surface area contributed by atoms with Gasteiger partial charge in [-0.25, -0.2) is 0 Å². The zero-order valence-corrected chi connectivity index (χ0v) is 12.5. The topological polar surface area (TPSA) is 47.7 Å². The minimum Gasteiger partial charge on any atom is -0.497 e. The summed E-state index contributed by atoms with van der Waals surface area (Å²) in [4.78, 5) is 2.31. The van der Waals surface area contributed by atoms with Crippen molar-refractivity contribution >= 4 is 24.0 Å². The Balaban J connectivity index is 0.00000180. The molecule has 1 atom stereocenters. The smallest absolute Gasteiger partial charge is 0.119 e. The molecule has 108 valence electrons. The molecule has 0 spiro atoms. The molecule has 0 saturated carbocycles. The molecule has 1 aromatic rings. The van der Waals surface area contributed by atoms with Crippen LogP contribution in [0.3, 0.4) is 0 Å². The van der Waals surface area contributed by atoms with Gasteiger partial charge < -0.3 is 15.2 Å². The average molecular weight is 307 g/mol. The normalized spacial score (nSPS) is 19.8. The summed E-state index contributed by atoms with van der Waals surface area (Å²) in [5.41, 5.74) is 6.71. The highest BCUT2D eigenvalue weighted by molar-refractivity contribution is 6.31. The third-order valence-electron chi connectivity index (χ3n) is 3.13. The summed E-state index contributed by atoms with van der Waals surface area (Å²) in [6, 6.07) is 5.72. The van der Waals surface area contributed by atoms with Crippen molar-refractivity contribution in [2.75, 3.05) is 33.4 Å². The van der Waals surface area contributed by atoms with Gasteiger partial charge in [0.2, 0.25) is 0 Å². The van der Waals surface area contributed by atoms with E-state index in [-0.39, 0.29) is 18.5 Å². The summed E-state index contributed by atoms with van der Waals surface area (Å²) in [6.45, 7) is 3.84. The fourth-order valence-corrected chi connectivity index (χ4v) is 2.28. The number of nitrogens with zero attached hydrogens (tertiary/aromatic N) is 1. The molecular formula is C13H20Cl2N2O2. The summed E-state index contributed by atoms with van der Waals surface area (Å²) in [7, 11) is 1.66. The molecule has 1 fully saturated rings. The van der Waals surface area contributed by atoms with Crippen LogP contribution in [0, 0.1) is 0 Å². The van der Waals surface area contributed by atoms with E-state index in [4.69, 9.17) is 26.8 Å². The molecule has 0 amide bonds. The lowest BCUT2D eigenvalue weighted by molar-refractivity contribution is -0.0260. The highest BCUT2D eigenvalue weighted by Gasteiger charge is 2.19. The first-order valence-corrected chi connectivity index (χ1v) is 6.47. The second kappa shape index (κ2) is 7.92. The van der Waals surface area contributed by atoms with Gasteiger partial charge in [-0.05, 0) is 23.8 Å². The number of benzene rings is 1. The Kier molecular flexibility index (Phi) is 6.89. The second-order valence-corrected chi connectivity index (χ2v) is 4.83.